The van der Waals surface area contributed by atoms with Gasteiger partial charge in [0.2, 0.25) is 5.91 Å². The van der Waals surface area contributed by atoms with Gasteiger partial charge in [0, 0.05) is 6.04 Å². The Morgan fingerprint density at radius 3 is 2.39 bits per heavy atom. The lowest BCUT2D eigenvalue weighted by molar-refractivity contribution is -0.189. The molecule has 106 valence electrons. The van der Waals surface area contributed by atoms with E-state index < -0.39 is 29.6 Å². The average Bonchev–Trinajstić information content (AvgIpc) is 2.28. The summed E-state index contributed by atoms with van der Waals surface area (Å²) in [7, 11) is 0. The molecule has 3 nitrogen and oxygen atoms in total. The van der Waals surface area contributed by atoms with Gasteiger partial charge in [-0.15, -0.1) is 0 Å². The number of nitrogens with two attached hydrogens (primary N) is 1. The summed E-state index contributed by atoms with van der Waals surface area (Å²) in [5.41, 5.74) is 4.63. The molecule has 1 aliphatic rings. The maximum Gasteiger partial charge on any atom is 0.393 e. The molecular weight excluding hydrogens is 245 g/mol. The number of rotatable bonds is 3. The quantitative estimate of drug-likeness (QED) is 0.824. The molecule has 0 saturated heterocycles. The van der Waals surface area contributed by atoms with Crippen molar-refractivity contribution >= 4 is 5.91 Å². The molecule has 1 fully saturated rings. The van der Waals surface area contributed by atoms with Gasteiger partial charge in [-0.05, 0) is 26.2 Å². The molecule has 0 aromatic carbocycles. The van der Waals surface area contributed by atoms with E-state index in [1.165, 1.54) is 6.92 Å². The highest BCUT2D eigenvalue weighted by Gasteiger charge is 2.46. The number of carbonyl (C=O) groups is 1. The summed E-state index contributed by atoms with van der Waals surface area (Å²) in [6.07, 6.45) is -2.13. The molecule has 0 aromatic rings. The van der Waals surface area contributed by atoms with Crippen molar-refractivity contribution in [3.05, 3.63) is 0 Å². The molecule has 1 rings (SSSR count). The third-order valence-corrected chi connectivity index (χ3v) is 3.76. The largest absolute Gasteiger partial charge is 0.393 e. The zero-order valence-corrected chi connectivity index (χ0v) is 10.8. The molecular formula is C12H21F3N2O. The van der Waals surface area contributed by atoms with Gasteiger partial charge >= 0.3 is 6.18 Å². The fourth-order valence-electron chi connectivity index (χ4n) is 2.19. The van der Waals surface area contributed by atoms with Crippen LogP contribution in [-0.4, -0.2) is 23.7 Å². The molecule has 3 atom stereocenters. The number of hydrogen-bond acceptors (Lipinski definition) is 2. The van der Waals surface area contributed by atoms with Crippen LogP contribution in [0.25, 0.3) is 0 Å². The normalized spacial score (nSPS) is 28.6. The molecule has 0 spiro atoms. The first-order valence-corrected chi connectivity index (χ1v) is 6.35. The predicted octanol–water partition coefficient (Wildman–Crippen LogP) is 2.35. The van der Waals surface area contributed by atoms with Crippen molar-refractivity contribution in [1.29, 1.82) is 0 Å². The molecule has 6 heteroatoms. The highest BCUT2D eigenvalue weighted by atomic mass is 19.4. The number of carbonyl (C=O) groups excluding carboxylic acids is 1. The standard InChI is InChI=1S/C12H21F3N2O/c1-3-11(2,16)10(18)17-9-7-5-4-6-8(9)12(13,14)15/h8-9H,3-7,16H2,1-2H3,(H,17,18). The van der Waals surface area contributed by atoms with Crippen LogP contribution in [0.1, 0.15) is 46.0 Å². The number of amides is 1. The van der Waals surface area contributed by atoms with Gasteiger partial charge in [-0.25, -0.2) is 0 Å². The minimum Gasteiger partial charge on any atom is -0.351 e. The van der Waals surface area contributed by atoms with Crippen molar-refractivity contribution in [3.8, 4) is 0 Å². The third-order valence-electron chi connectivity index (χ3n) is 3.76. The van der Waals surface area contributed by atoms with Gasteiger partial charge in [0.1, 0.15) is 0 Å². The Bertz CT molecular complexity index is 302. The van der Waals surface area contributed by atoms with E-state index in [4.69, 9.17) is 5.73 Å². The topological polar surface area (TPSA) is 55.1 Å². The number of nitrogens with one attached hydrogen (secondary N) is 1. The van der Waals surface area contributed by atoms with E-state index in [0.717, 1.165) is 0 Å². The molecule has 1 aliphatic carbocycles. The van der Waals surface area contributed by atoms with Crippen LogP contribution in [0.4, 0.5) is 13.2 Å². The van der Waals surface area contributed by atoms with Gasteiger partial charge in [-0.3, -0.25) is 4.79 Å². The Labute approximate surface area is 105 Å². The zero-order chi connectivity index (χ0) is 14.0. The molecule has 1 amide bonds. The minimum atomic E-state index is -4.25. The summed E-state index contributed by atoms with van der Waals surface area (Å²) in [5, 5.41) is 2.48. The van der Waals surface area contributed by atoms with Gasteiger partial charge in [0.25, 0.3) is 0 Å². The fourth-order valence-corrected chi connectivity index (χ4v) is 2.19. The number of alkyl halides is 3. The second-order valence-electron chi connectivity index (χ2n) is 5.28. The van der Waals surface area contributed by atoms with E-state index in [1.807, 2.05) is 0 Å². The smallest absolute Gasteiger partial charge is 0.351 e. The summed E-state index contributed by atoms with van der Waals surface area (Å²) in [6, 6.07) is -0.833. The van der Waals surface area contributed by atoms with Crippen molar-refractivity contribution in [2.24, 2.45) is 11.7 Å². The van der Waals surface area contributed by atoms with Crippen LogP contribution in [0.3, 0.4) is 0 Å². The minimum absolute atomic E-state index is 0.0852. The summed E-state index contributed by atoms with van der Waals surface area (Å²) in [6.45, 7) is 3.27. The van der Waals surface area contributed by atoms with E-state index >= 15 is 0 Å². The van der Waals surface area contributed by atoms with Crippen LogP contribution in [-0.2, 0) is 4.79 Å². The molecule has 0 radical (unpaired) electrons. The summed E-state index contributed by atoms with van der Waals surface area (Å²) < 4.78 is 38.5. The van der Waals surface area contributed by atoms with Crippen molar-refractivity contribution < 1.29 is 18.0 Å². The van der Waals surface area contributed by atoms with E-state index in [9.17, 15) is 18.0 Å². The van der Waals surface area contributed by atoms with Gasteiger partial charge in [0.05, 0.1) is 11.5 Å². The SMILES string of the molecule is CCC(C)(N)C(=O)NC1CCCCC1C(F)(F)F. The molecule has 0 aliphatic heterocycles. The van der Waals surface area contributed by atoms with Gasteiger partial charge in [0.15, 0.2) is 0 Å². The Hall–Kier alpha value is -0.780. The Morgan fingerprint density at radius 1 is 1.33 bits per heavy atom. The second-order valence-corrected chi connectivity index (χ2v) is 5.28. The molecule has 3 unspecified atom stereocenters. The van der Waals surface area contributed by atoms with Crippen LogP contribution in [0, 0.1) is 5.92 Å². The molecule has 0 heterocycles. The number of hydrogen-bond donors (Lipinski definition) is 2. The maximum atomic E-state index is 12.8. The lowest BCUT2D eigenvalue weighted by Gasteiger charge is -2.35. The van der Waals surface area contributed by atoms with Crippen LogP contribution in [0.2, 0.25) is 0 Å². The Balaban J connectivity index is 2.72. The Kier molecular flexibility index (Phi) is 4.64. The lowest BCUT2D eigenvalue weighted by atomic mass is 9.83. The molecule has 0 aromatic heterocycles. The highest BCUT2D eigenvalue weighted by molar-refractivity contribution is 5.85. The fraction of sp³-hybridized carbons (Fsp3) is 0.917. The summed E-state index contributed by atoms with van der Waals surface area (Å²) in [5.74, 6) is -1.94. The molecule has 0 bridgehead atoms. The molecule has 3 N–H and O–H groups in total. The second kappa shape index (κ2) is 5.47. The van der Waals surface area contributed by atoms with Crippen molar-refractivity contribution in [2.75, 3.05) is 0 Å². The summed E-state index contributed by atoms with van der Waals surface area (Å²) >= 11 is 0. The first-order chi connectivity index (χ1) is 8.18. The van der Waals surface area contributed by atoms with Crippen molar-refractivity contribution in [3.63, 3.8) is 0 Å². The van der Waals surface area contributed by atoms with E-state index in [0.29, 0.717) is 25.7 Å². The number of halogens is 3. The van der Waals surface area contributed by atoms with E-state index in [2.05, 4.69) is 5.32 Å². The van der Waals surface area contributed by atoms with E-state index in [1.54, 1.807) is 6.92 Å². The van der Waals surface area contributed by atoms with Crippen LogP contribution >= 0.6 is 0 Å². The Morgan fingerprint density at radius 2 is 1.89 bits per heavy atom. The van der Waals surface area contributed by atoms with Crippen LogP contribution in [0.5, 0.6) is 0 Å². The monoisotopic (exact) mass is 266 g/mol. The molecule has 18 heavy (non-hydrogen) atoms. The maximum absolute atomic E-state index is 12.8. The lowest BCUT2D eigenvalue weighted by Crippen LogP contribution is -2.57. The van der Waals surface area contributed by atoms with Gasteiger partial charge in [-0.2, -0.15) is 13.2 Å². The first kappa shape index (κ1) is 15.3. The van der Waals surface area contributed by atoms with Crippen LogP contribution < -0.4 is 11.1 Å². The molecule has 1 saturated carbocycles. The van der Waals surface area contributed by atoms with E-state index in [-0.39, 0.29) is 6.42 Å². The third kappa shape index (κ3) is 3.60. The zero-order valence-electron chi connectivity index (χ0n) is 10.8. The first-order valence-electron chi connectivity index (χ1n) is 6.35. The summed E-state index contributed by atoms with van der Waals surface area (Å²) in [4.78, 5) is 11.8. The highest BCUT2D eigenvalue weighted by Crippen LogP contribution is 2.37. The van der Waals surface area contributed by atoms with Gasteiger partial charge < -0.3 is 11.1 Å². The van der Waals surface area contributed by atoms with Gasteiger partial charge in [-0.1, -0.05) is 19.8 Å². The average molecular weight is 266 g/mol. The van der Waals surface area contributed by atoms with Crippen molar-refractivity contribution in [2.45, 2.75) is 63.7 Å². The predicted molar refractivity (Wildman–Crippen MR) is 62.8 cm³/mol. The van der Waals surface area contributed by atoms with Crippen LogP contribution in [0.15, 0.2) is 0 Å². The van der Waals surface area contributed by atoms with Crippen molar-refractivity contribution in [1.82, 2.24) is 5.32 Å².